The van der Waals surface area contributed by atoms with E-state index in [1.165, 1.54) is 32.1 Å². The molecule has 88 valence electrons. The van der Waals surface area contributed by atoms with Crippen LogP contribution in [-0.4, -0.2) is 11.2 Å². The maximum atomic E-state index is 9.40. The van der Waals surface area contributed by atoms with Crippen molar-refractivity contribution in [2.24, 2.45) is 0 Å². The molecule has 0 heterocycles. The normalized spacial score (nSPS) is 19.4. The molecular formula is C14H20O2. The fraction of sp³-hybridized carbons (Fsp3) is 0.571. The zero-order valence-electron chi connectivity index (χ0n) is 9.86. The van der Waals surface area contributed by atoms with Crippen LogP contribution in [0.3, 0.4) is 0 Å². The van der Waals surface area contributed by atoms with Gasteiger partial charge in [0.15, 0.2) is 0 Å². The van der Waals surface area contributed by atoms with E-state index in [1.807, 2.05) is 24.3 Å². The molecule has 0 radical (unpaired) electrons. The molecule has 0 aromatic heterocycles. The van der Waals surface area contributed by atoms with Crippen LogP contribution in [0.2, 0.25) is 0 Å². The summed E-state index contributed by atoms with van der Waals surface area (Å²) >= 11 is 0. The average Bonchev–Trinajstić information content (AvgIpc) is 2.31. The molecule has 1 aliphatic rings. The van der Waals surface area contributed by atoms with E-state index < -0.39 is 6.10 Å². The summed E-state index contributed by atoms with van der Waals surface area (Å²) in [6.45, 7) is 1.77. The van der Waals surface area contributed by atoms with E-state index in [0.717, 1.165) is 11.3 Å². The van der Waals surface area contributed by atoms with Gasteiger partial charge in [0.1, 0.15) is 5.75 Å². The Morgan fingerprint density at radius 1 is 1.12 bits per heavy atom. The molecule has 0 aliphatic heterocycles. The van der Waals surface area contributed by atoms with Crippen molar-refractivity contribution in [2.45, 2.75) is 51.2 Å². The van der Waals surface area contributed by atoms with Gasteiger partial charge in [0.05, 0.1) is 12.2 Å². The topological polar surface area (TPSA) is 29.5 Å². The van der Waals surface area contributed by atoms with E-state index in [4.69, 9.17) is 4.74 Å². The Bertz CT molecular complexity index is 310. The van der Waals surface area contributed by atoms with Crippen molar-refractivity contribution in [1.29, 1.82) is 0 Å². The van der Waals surface area contributed by atoms with Crippen molar-refractivity contribution >= 4 is 0 Å². The van der Waals surface area contributed by atoms with Gasteiger partial charge in [0.2, 0.25) is 0 Å². The van der Waals surface area contributed by atoms with Gasteiger partial charge in [-0.05, 0) is 50.3 Å². The number of benzene rings is 1. The molecule has 1 aromatic carbocycles. The summed E-state index contributed by atoms with van der Waals surface area (Å²) in [4.78, 5) is 0. The smallest absolute Gasteiger partial charge is 0.119 e. The second-order valence-electron chi connectivity index (χ2n) is 4.62. The van der Waals surface area contributed by atoms with Gasteiger partial charge in [-0.1, -0.05) is 18.6 Å². The minimum absolute atomic E-state index is 0.395. The van der Waals surface area contributed by atoms with Crippen LogP contribution in [0.1, 0.15) is 50.7 Å². The predicted molar refractivity (Wildman–Crippen MR) is 64.6 cm³/mol. The van der Waals surface area contributed by atoms with Gasteiger partial charge in [-0.3, -0.25) is 0 Å². The van der Waals surface area contributed by atoms with E-state index >= 15 is 0 Å². The first-order valence-corrected chi connectivity index (χ1v) is 6.20. The van der Waals surface area contributed by atoms with Gasteiger partial charge in [0, 0.05) is 0 Å². The minimum Gasteiger partial charge on any atom is -0.490 e. The molecule has 16 heavy (non-hydrogen) atoms. The number of hydrogen-bond donors (Lipinski definition) is 1. The molecule has 1 unspecified atom stereocenters. The van der Waals surface area contributed by atoms with Crippen LogP contribution >= 0.6 is 0 Å². The number of aliphatic hydroxyl groups is 1. The van der Waals surface area contributed by atoms with Crippen LogP contribution in [0, 0.1) is 0 Å². The molecule has 0 bridgehead atoms. The quantitative estimate of drug-likeness (QED) is 0.845. The molecule has 0 saturated heterocycles. The van der Waals surface area contributed by atoms with E-state index in [-0.39, 0.29) is 0 Å². The summed E-state index contributed by atoms with van der Waals surface area (Å²) in [5, 5.41) is 9.40. The second kappa shape index (κ2) is 5.35. The van der Waals surface area contributed by atoms with Gasteiger partial charge in [-0.25, -0.2) is 0 Å². The lowest BCUT2D eigenvalue weighted by Crippen LogP contribution is -2.19. The molecule has 2 heteroatoms. The Labute approximate surface area is 97.3 Å². The molecular weight excluding hydrogens is 200 g/mol. The van der Waals surface area contributed by atoms with Crippen molar-refractivity contribution in [3.8, 4) is 5.75 Å². The Morgan fingerprint density at radius 2 is 1.75 bits per heavy atom. The molecule has 0 spiro atoms. The van der Waals surface area contributed by atoms with E-state index in [1.54, 1.807) is 6.92 Å². The first-order chi connectivity index (χ1) is 7.75. The van der Waals surface area contributed by atoms with Gasteiger partial charge in [0.25, 0.3) is 0 Å². The van der Waals surface area contributed by atoms with Crippen LogP contribution in [0.5, 0.6) is 5.75 Å². The third kappa shape index (κ3) is 2.99. The van der Waals surface area contributed by atoms with Gasteiger partial charge < -0.3 is 9.84 Å². The summed E-state index contributed by atoms with van der Waals surface area (Å²) in [5.74, 6) is 0.927. The summed E-state index contributed by atoms with van der Waals surface area (Å²) in [7, 11) is 0. The maximum Gasteiger partial charge on any atom is 0.119 e. The van der Waals surface area contributed by atoms with Gasteiger partial charge in [-0.2, -0.15) is 0 Å². The Morgan fingerprint density at radius 3 is 2.31 bits per heavy atom. The molecule has 2 nitrogen and oxygen atoms in total. The minimum atomic E-state index is -0.399. The second-order valence-corrected chi connectivity index (χ2v) is 4.62. The highest BCUT2D eigenvalue weighted by Gasteiger charge is 2.14. The fourth-order valence-electron chi connectivity index (χ4n) is 2.20. The van der Waals surface area contributed by atoms with Crippen LogP contribution in [-0.2, 0) is 0 Å². The first-order valence-electron chi connectivity index (χ1n) is 6.20. The molecule has 2 rings (SSSR count). The molecule has 1 saturated carbocycles. The largest absolute Gasteiger partial charge is 0.490 e. The summed E-state index contributed by atoms with van der Waals surface area (Å²) in [6.07, 6.45) is 6.28. The van der Waals surface area contributed by atoms with Crippen LogP contribution in [0.4, 0.5) is 0 Å². The molecule has 1 fully saturated rings. The zero-order valence-corrected chi connectivity index (χ0v) is 9.86. The van der Waals surface area contributed by atoms with Crippen molar-refractivity contribution in [1.82, 2.24) is 0 Å². The summed E-state index contributed by atoms with van der Waals surface area (Å²) < 4.78 is 5.91. The molecule has 1 aromatic rings. The highest BCUT2D eigenvalue weighted by molar-refractivity contribution is 5.28. The van der Waals surface area contributed by atoms with Crippen LogP contribution in [0.15, 0.2) is 24.3 Å². The van der Waals surface area contributed by atoms with E-state index in [0.29, 0.717) is 6.10 Å². The number of rotatable bonds is 3. The third-order valence-electron chi connectivity index (χ3n) is 3.22. The molecule has 1 N–H and O–H groups in total. The molecule has 1 atom stereocenters. The zero-order chi connectivity index (χ0) is 11.4. The monoisotopic (exact) mass is 220 g/mol. The molecule has 1 aliphatic carbocycles. The Hall–Kier alpha value is -1.02. The van der Waals surface area contributed by atoms with E-state index in [2.05, 4.69) is 0 Å². The Balaban J connectivity index is 1.93. The van der Waals surface area contributed by atoms with Crippen LogP contribution in [0.25, 0.3) is 0 Å². The van der Waals surface area contributed by atoms with E-state index in [9.17, 15) is 5.11 Å². The summed E-state index contributed by atoms with van der Waals surface area (Å²) in [5.41, 5.74) is 0.941. The first kappa shape index (κ1) is 11.5. The third-order valence-corrected chi connectivity index (χ3v) is 3.22. The number of aliphatic hydroxyl groups excluding tert-OH is 1. The SMILES string of the molecule is CC(O)c1ccc(OC2CCCCC2)cc1. The average molecular weight is 220 g/mol. The van der Waals surface area contributed by atoms with Gasteiger partial charge >= 0.3 is 0 Å². The number of ether oxygens (including phenoxy) is 1. The highest BCUT2D eigenvalue weighted by atomic mass is 16.5. The van der Waals surface area contributed by atoms with Gasteiger partial charge in [-0.15, -0.1) is 0 Å². The van der Waals surface area contributed by atoms with Crippen molar-refractivity contribution in [3.05, 3.63) is 29.8 Å². The maximum absolute atomic E-state index is 9.40. The Kier molecular flexibility index (Phi) is 3.83. The molecule has 0 amide bonds. The summed E-state index contributed by atoms with van der Waals surface area (Å²) in [6, 6.07) is 7.78. The predicted octanol–water partition coefficient (Wildman–Crippen LogP) is 3.45. The highest BCUT2D eigenvalue weighted by Crippen LogP contribution is 2.24. The lowest BCUT2D eigenvalue weighted by atomic mass is 9.98. The fourth-order valence-corrected chi connectivity index (χ4v) is 2.20. The van der Waals surface area contributed by atoms with Crippen molar-refractivity contribution in [2.75, 3.05) is 0 Å². The standard InChI is InChI=1S/C14H20O2/c1-11(15)12-7-9-14(10-8-12)16-13-5-3-2-4-6-13/h7-11,13,15H,2-6H2,1H3. The number of hydrogen-bond acceptors (Lipinski definition) is 2. The van der Waals surface area contributed by atoms with Crippen LogP contribution < -0.4 is 4.74 Å². The van der Waals surface area contributed by atoms with Crippen molar-refractivity contribution < 1.29 is 9.84 Å². The lowest BCUT2D eigenvalue weighted by Gasteiger charge is -2.23. The lowest BCUT2D eigenvalue weighted by molar-refractivity contribution is 0.154. The van der Waals surface area contributed by atoms with Crippen molar-refractivity contribution in [3.63, 3.8) is 0 Å².